The third-order valence-electron chi connectivity index (χ3n) is 3.10. The van der Waals surface area contributed by atoms with Gasteiger partial charge in [-0.2, -0.15) is 0 Å². The number of carbonyl (C=O) groups excluding carboxylic acids is 2. The van der Waals surface area contributed by atoms with Gasteiger partial charge in [-0.25, -0.2) is 0 Å². The van der Waals surface area contributed by atoms with Crippen molar-refractivity contribution in [3.63, 3.8) is 0 Å². The van der Waals surface area contributed by atoms with Crippen molar-refractivity contribution < 1.29 is 14.3 Å². The molecule has 2 aromatic rings. The normalized spacial score (nSPS) is 11.6. The molecule has 2 amide bonds. The lowest BCUT2D eigenvalue weighted by Gasteiger charge is -2.15. The Labute approximate surface area is 133 Å². The molecule has 0 aliphatic carbocycles. The van der Waals surface area contributed by atoms with Gasteiger partial charge in [0.05, 0.1) is 17.7 Å². The molecule has 2 N–H and O–H groups in total. The fraction of sp³-hybridized carbons (Fsp3) is 0.250. The average molecular weight is 318 g/mol. The number of nitrogens with one attached hydrogen (secondary N) is 2. The summed E-state index contributed by atoms with van der Waals surface area (Å²) in [7, 11) is 1.54. The van der Waals surface area contributed by atoms with Gasteiger partial charge in [0, 0.05) is 0 Å². The lowest BCUT2D eigenvalue weighted by Crippen LogP contribution is -2.41. The van der Waals surface area contributed by atoms with Crippen molar-refractivity contribution >= 4 is 28.8 Å². The molecule has 0 saturated carbocycles. The predicted octanol–water partition coefficient (Wildman–Crippen LogP) is 2.82. The number of amides is 2. The van der Waals surface area contributed by atoms with E-state index in [9.17, 15) is 9.59 Å². The van der Waals surface area contributed by atoms with Crippen LogP contribution in [0.5, 0.6) is 5.75 Å². The number of aryl methyl sites for hydroxylation is 1. The Balaban J connectivity index is 2.02. The highest BCUT2D eigenvalue weighted by molar-refractivity contribution is 7.12. The topological polar surface area (TPSA) is 67.4 Å². The van der Waals surface area contributed by atoms with Crippen molar-refractivity contribution in [2.75, 3.05) is 12.4 Å². The number of ether oxygens (including phenoxy) is 1. The highest BCUT2D eigenvalue weighted by atomic mass is 32.1. The molecule has 1 atom stereocenters. The van der Waals surface area contributed by atoms with Crippen molar-refractivity contribution in [1.29, 1.82) is 0 Å². The molecule has 1 unspecified atom stereocenters. The second kappa shape index (κ2) is 7.09. The van der Waals surface area contributed by atoms with Crippen LogP contribution in [0.3, 0.4) is 0 Å². The third-order valence-corrected chi connectivity index (χ3v) is 3.97. The number of rotatable bonds is 5. The first-order valence-corrected chi connectivity index (χ1v) is 7.69. The van der Waals surface area contributed by atoms with Crippen LogP contribution in [0.25, 0.3) is 0 Å². The second-order valence-corrected chi connectivity index (χ2v) is 5.81. The average Bonchev–Trinajstić information content (AvgIpc) is 3.01. The van der Waals surface area contributed by atoms with Crippen LogP contribution in [0.15, 0.2) is 35.7 Å². The summed E-state index contributed by atoms with van der Waals surface area (Å²) in [4.78, 5) is 24.7. The van der Waals surface area contributed by atoms with Crippen LogP contribution in [0.1, 0.15) is 22.2 Å². The molecule has 0 bridgehead atoms. The maximum Gasteiger partial charge on any atom is 0.261 e. The summed E-state index contributed by atoms with van der Waals surface area (Å²) in [6.45, 7) is 3.57. The molecule has 6 heteroatoms. The minimum Gasteiger partial charge on any atom is -0.495 e. The smallest absolute Gasteiger partial charge is 0.261 e. The Morgan fingerprint density at radius 3 is 2.68 bits per heavy atom. The molecule has 5 nitrogen and oxygen atoms in total. The van der Waals surface area contributed by atoms with Gasteiger partial charge in [-0.05, 0) is 43.0 Å². The first-order valence-electron chi connectivity index (χ1n) is 6.81. The van der Waals surface area contributed by atoms with Gasteiger partial charge in [0.15, 0.2) is 0 Å². The van der Waals surface area contributed by atoms with Crippen LogP contribution in [0.4, 0.5) is 5.69 Å². The molecule has 0 aliphatic rings. The lowest BCUT2D eigenvalue weighted by atomic mass is 10.2. The van der Waals surface area contributed by atoms with Crippen LogP contribution in [0, 0.1) is 6.92 Å². The van der Waals surface area contributed by atoms with E-state index in [2.05, 4.69) is 10.6 Å². The Hall–Kier alpha value is -2.34. The van der Waals surface area contributed by atoms with E-state index in [1.54, 1.807) is 32.2 Å². The van der Waals surface area contributed by atoms with Gasteiger partial charge >= 0.3 is 0 Å². The molecule has 22 heavy (non-hydrogen) atoms. The number of hydrogen-bond donors (Lipinski definition) is 2. The molecule has 1 aromatic carbocycles. The fourth-order valence-corrected chi connectivity index (χ4v) is 2.53. The van der Waals surface area contributed by atoms with Gasteiger partial charge in [-0.15, -0.1) is 11.3 Å². The highest BCUT2D eigenvalue weighted by Gasteiger charge is 2.18. The van der Waals surface area contributed by atoms with Gasteiger partial charge in [-0.1, -0.05) is 12.1 Å². The van der Waals surface area contributed by atoms with Crippen molar-refractivity contribution in [2.24, 2.45) is 0 Å². The van der Waals surface area contributed by atoms with E-state index in [0.717, 1.165) is 5.56 Å². The standard InChI is InChI=1S/C16H18N2O3S/c1-10-6-7-13(21-3)12(9-10)18-15(19)11(2)17-16(20)14-5-4-8-22-14/h4-9,11H,1-3H3,(H,17,20)(H,18,19). The molecule has 1 aromatic heterocycles. The van der Waals surface area contributed by atoms with E-state index in [1.807, 2.05) is 24.4 Å². The highest BCUT2D eigenvalue weighted by Crippen LogP contribution is 2.25. The van der Waals surface area contributed by atoms with Crippen LogP contribution in [-0.2, 0) is 4.79 Å². The molecular formula is C16H18N2O3S. The molecule has 0 fully saturated rings. The molecule has 1 heterocycles. The summed E-state index contributed by atoms with van der Waals surface area (Å²) in [5.74, 6) is 0.0263. The Morgan fingerprint density at radius 1 is 1.27 bits per heavy atom. The van der Waals surface area contributed by atoms with Crippen molar-refractivity contribution in [1.82, 2.24) is 5.32 Å². The minimum absolute atomic E-state index is 0.256. The summed E-state index contributed by atoms with van der Waals surface area (Å²) in [6, 6.07) is 8.37. The number of carbonyl (C=O) groups is 2. The summed E-state index contributed by atoms with van der Waals surface area (Å²) >= 11 is 1.33. The quantitative estimate of drug-likeness (QED) is 0.891. The van der Waals surface area contributed by atoms with E-state index in [1.165, 1.54) is 11.3 Å². The maximum atomic E-state index is 12.2. The first-order chi connectivity index (χ1) is 10.5. The Bertz CT molecular complexity index is 668. The first kappa shape index (κ1) is 16.0. The van der Waals surface area contributed by atoms with Gasteiger partial charge in [0.25, 0.3) is 5.91 Å². The Morgan fingerprint density at radius 2 is 2.05 bits per heavy atom. The van der Waals surface area contributed by atoms with E-state index in [4.69, 9.17) is 4.74 Å². The molecule has 0 saturated heterocycles. The largest absolute Gasteiger partial charge is 0.495 e. The number of thiophene rings is 1. The van der Waals surface area contributed by atoms with Crippen molar-refractivity contribution in [3.8, 4) is 5.75 Å². The van der Waals surface area contributed by atoms with E-state index in [-0.39, 0.29) is 11.8 Å². The minimum atomic E-state index is -0.653. The number of anilines is 1. The SMILES string of the molecule is COc1ccc(C)cc1NC(=O)C(C)NC(=O)c1cccs1. The molecule has 0 spiro atoms. The number of benzene rings is 1. The molecule has 116 valence electrons. The molecule has 2 rings (SSSR count). The Kier molecular flexibility index (Phi) is 5.16. The summed E-state index contributed by atoms with van der Waals surface area (Å²) in [5.41, 5.74) is 1.59. The number of methoxy groups -OCH3 is 1. The monoisotopic (exact) mass is 318 g/mol. The van der Waals surface area contributed by atoms with Crippen LogP contribution in [-0.4, -0.2) is 25.0 Å². The van der Waals surface area contributed by atoms with E-state index in [0.29, 0.717) is 16.3 Å². The summed E-state index contributed by atoms with van der Waals surface area (Å²) < 4.78 is 5.22. The van der Waals surface area contributed by atoms with Gasteiger partial charge in [-0.3, -0.25) is 9.59 Å². The zero-order valence-electron chi connectivity index (χ0n) is 12.7. The maximum absolute atomic E-state index is 12.2. The lowest BCUT2D eigenvalue weighted by molar-refractivity contribution is -0.117. The number of hydrogen-bond acceptors (Lipinski definition) is 4. The third kappa shape index (κ3) is 3.85. The van der Waals surface area contributed by atoms with Crippen molar-refractivity contribution in [2.45, 2.75) is 19.9 Å². The van der Waals surface area contributed by atoms with Crippen molar-refractivity contribution in [3.05, 3.63) is 46.2 Å². The van der Waals surface area contributed by atoms with Crippen LogP contribution < -0.4 is 15.4 Å². The van der Waals surface area contributed by atoms with Crippen LogP contribution >= 0.6 is 11.3 Å². The van der Waals surface area contributed by atoms with E-state index < -0.39 is 6.04 Å². The zero-order valence-corrected chi connectivity index (χ0v) is 13.5. The van der Waals surface area contributed by atoms with Gasteiger partial charge in [0.1, 0.15) is 11.8 Å². The fourth-order valence-electron chi connectivity index (χ4n) is 1.90. The van der Waals surface area contributed by atoms with Gasteiger partial charge < -0.3 is 15.4 Å². The zero-order chi connectivity index (χ0) is 16.1. The summed E-state index contributed by atoms with van der Waals surface area (Å²) in [5, 5.41) is 7.27. The second-order valence-electron chi connectivity index (χ2n) is 4.87. The summed E-state index contributed by atoms with van der Waals surface area (Å²) in [6.07, 6.45) is 0. The molecular weight excluding hydrogens is 300 g/mol. The molecule has 0 aliphatic heterocycles. The molecule has 0 radical (unpaired) electrons. The van der Waals surface area contributed by atoms with Gasteiger partial charge in [0.2, 0.25) is 5.91 Å². The van der Waals surface area contributed by atoms with Crippen LogP contribution in [0.2, 0.25) is 0 Å². The predicted molar refractivity (Wildman–Crippen MR) is 87.6 cm³/mol. The van der Waals surface area contributed by atoms with E-state index >= 15 is 0 Å².